The average molecular weight is 803 g/mol. The van der Waals surface area contributed by atoms with Crippen LogP contribution in [0.3, 0.4) is 0 Å². The van der Waals surface area contributed by atoms with E-state index in [9.17, 15) is 0 Å². The molecule has 0 atom stereocenters. The maximum atomic E-state index is 2.44. The van der Waals surface area contributed by atoms with Crippen molar-refractivity contribution in [3.63, 3.8) is 0 Å². The van der Waals surface area contributed by atoms with Gasteiger partial charge in [0.2, 0.25) is 0 Å². The summed E-state index contributed by atoms with van der Waals surface area (Å²) < 4.78 is 2.41. The highest BCUT2D eigenvalue weighted by molar-refractivity contribution is 6.09. The van der Waals surface area contributed by atoms with Crippen LogP contribution in [-0.2, 0) is 5.41 Å². The molecule has 1 aliphatic carbocycles. The second-order valence-corrected chi connectivity index (χ2v) is 16.4. The summed E-state index contributed by atoms with van der Waals surface area (Å²) in [5, 5.41) is 2.53. The zero-order valence-corrected chi connectivity index (χ0v) is 34.6. The fraction of sp³-hybridized carbons (Fsp3) is 0.0164. The summed E-state index contributed by atoms with van der Waals surface area (Å²) in [4.78, 5) is 2.39. The molecule has 0 bridgehead atoms. The largest absolute Gasteiger partial charge is 0.310 e. The van der Waals surface area contributed by atoms with Gasteiger partial charge >= 0.3 is 0 Å². The Balaban J connectivity index is 0.931. The Labute approximate surface area is 368 Å². The molecule has 0 radical (unpaired) electrons. The Kier molecular flexibility index (Phi) is 8.76. The molecule has 1 heterocycles. The van der Waals surface area contributed by atoms with Crippen molar-refractivity contribution in [1.29, 1.82) is 0 Å². The molecule has 0 fully saturated rings. The van der Waals surface area contributed by atoms with Gasteiger partial charge in [0.15, 0.2) is 0 Å². The minimum atomic E-state index is -0.479. The maximum Gasteiger partial charge on any atom is 0.0714 e. The van der Waals surface area contributed by atoms with E-state index in [1.54, 1.807) is 0 Å². The highest BCUT2D eigenvalue weighted by atomic mass is 15.1. The molecule has 0 saturated heterocycles. The van der Waals surface area contributed by atoms with Crippen LogP contribution in [0.25, 0.3) is 60.9 Å². The number of benzene rings is 10. The van der Waals surface area contributed by atoms with Crippen LogP contribution in [0.2, 0.25) is 0 Å². The topological polar surface area (TPSA) is 8.17 Å². The van der Waals surface area contributed by atoms with Crippen LogP contribution in [-0.4, -0.2) is 4.57 Å². The van der Waals surface area contributed by atoms with Crippen molar-refractivity contribution in [3.05, 3.63) is 277 Å². The first kappa shape index (κ1) is 36.6. The van der Waals surface area contributed by atoms with E-state index in [4.69, 9.17) is 0 Å². The van der Waals surface area contributed by atoms with Crippen LogP contribution in [0.1, 0.15) is 22.3 Å². The molecular weight excluding hydrogens is 761 g/mol. The van der Waals surface area contributed by atoms with Crippen LogP contribution in [0.5, 0.6) is 0 Å². The lowest BCUT2D eigenvalue weighted by molar-refractivity contribution is 0.768. The van der Waals surface area contributed by atoms with Crippen molar-refractivity contribution in [2.45, 2.75) is 5.41 Å². The molecule has 2 nitrogen and oxygen atoms in total. The zero-order valence-electron chi connectivity index (χ0n) is 34.6. The quantitative estimate of drug-likeness (QED) is 0.149. The molecule has 11 aromatic rings. The number of rotatable bonds is 8. The molecule has 1 aliphatic rings. The lowest BCUT2D eigenvalue weighted by Crippen LogP contribution is -2.28. The Bertz CT molecular complexity index is 3330. The van der Waals surface area contributed by atoms with Crippen LogP contribution >= 0.6 is 0 Å². The van der Waals surface area contributed by atoms with Gasteiger partial charge in [-0.15, -0.1) is 0 Å². The van der Waals surface area contributed by atoms with E-state index in [1.165, 1.54) is 83.1 Å². The summed E-state index contributed by atoms with van der Waals surface area (Å²) in [6, 6.07) is 93.1. The highest BCUT2D eigenvalue weighted by Crippen LogP contribution is 2.57. The third-order valence-electron chi connectivity index (χ3n) is 13.1. The fourth-order valence-electron chi connectivity index (χ4n) is 10.3. The third-order valence-corrected chi connectivity index (χ3v) is 13.1. The van der Waals surface area contributed by atoms with Gasteiger partial charge in [-0.25, -0.2) is 0 Å². The standard InChI is InChI=1S/C61H42N2/c1-4-18-46(19-5-1)61(47-20-6-2-7-21-47)56-28-14-10-25-52(56)53-41-40-50(42-57(53)61)62(48-22-8-3-9-23-48)49-38-36-44(37-39-49)43-32-34-45(35-33-43)51-24-11-15-29-58(51)63-59-30-16-12-26-54(59)55-27-13-17-31-60(55)63/h1-42H. The Morgan fingerprint density at radius 2 is 0.746 bits per heavy atom. The van der Waals surface area contributed by atoms with Crippen molar-refractivity contribution in [2.24, 2.45) is 0 Å². The van der Waals surface area contributed by atoms with Crippen LogP contribution in [0, 0.1) is 0 Å². The lowest BCUT2D eigenvalue weighted by atomic mass is 9.67. The second kappa shape index (κ2) is 15.1. The molecule has 63 heavy (non-hydrogen) atoms. The van der Waals surface area contributed by atoms with Crippen LogP contribution in [0.4, 0.5) is 17.1 Å². The number of anilines is 3. The minimum absolute atomic E-state index is 0.479. The van der Waals surface area contributed by atoms with Crippen LogP contribution in [0.15, 0.2) is 255 Å². The molecule has 2 heteroatoms. The molecule has 1 aromatic heterocycles. The van der Waals surface area contributed by atoms with Gasteiger partial charge in [-0.3, -0.25) is 0 Å². The van der Waals surface area contributed by atoms with E-state index in [0.717, 1.165) is 17.1 Å². The summed E-state index contributed by atoms with van der Waals surface area (Å²) in [5.74, 6) is 0. The van der Waals surface area contributed by atoms with Gasteiger partial charge in [0, 0.05) is 33.4 Å². The molecule has 0 N–H and O–H groups in total. The lowest BCUT2D eigenvalue weighted by Gasteiger charge is -2.35. The Hall–Kier alpha value is -8.20. The third kappa shape index (κ3) is 5.87. The smallest absolute Gasteiger partial charge is 0.0714 e. The maximum absolute atomic E-state index is 2.44. The van der Waals surface area contributed by atoms with Gasteiger partial charge in [0.1, 0.15) is 0 Å². The number of hydrogen-bond donors (Lipinski definition) is 0. The van der Waals surface area contributed by atoms with E-state index in [2.05, 4.69) is 264 Å². The molecule has 0 saturated carbocycles. The number of para-hydroxylation sites is 4. The Morgan fingerprint density at radius 3 is 1.38 bits per heavy atom. The van der Waals surface area contributed by atoms with Crippen molar-refractivity contribution >= 4 is 38.9 Å². The molecule has 0 aliphatic heterocycles. The van der Waals surface area contributed by atoms with Gasteiger partial charge in [-0.05, 0) is 105 Å². The van der Waals surface area contributed by atoms with Gasteiger partial charge in [0.25, 0.3) is 0 Å². The van der Waals surface area contributed by atoms with E-state index in [-0.39, 0.29) is 0 Å². The van der Waals surface area contributed by atoms with Gasteiger partial charge in [0.05, 0.1) is 22.1 Å². The monoisotopic (exact) mass is 802 g/mol. The first-order valence-corrected chi connectivity index (χ1v) is 21.8. The predicted molar refractivity (Wildman–Crippen MR) is 264 cm³/mol. The molecule has 0 spiro atoms. The molecule has 0 unspecified atom stereocenters. The Morgan fingerprint density at radius 1 is 0.302 bits per heavy atom. The van der Waals surface area contributed by atoms with Crippen molar-refractivity contribution in [3.8, 4) is 39.1 Å². The summed E-state index contributed by atoms with van der Waals surface area (Å²) >= 11 is 0. The van der Waals surface area contributed by atoms with Crippen molar-refractivity contribution < 1.29 is 0 Å². The summed E-state index contributed by atoms with van der Waals surface area (Å²) in [5.41, 5.74) is 18.8. The zero-order chi connectivity index (χ0) is 41.7. The molecule has 0 amide bonds. The fourth-order valence-corrected chi connectivity index (χ4v) is 10.3. The number of hydrogen-bond acceptors (Lipinski definition) is 1. The SMILES string of the molecule is c1ccc(N(c2ccc(-c3ccc(-c4ccccc4-n4c5ccccc5c5ccccc54)cc3)cc2)c2ccc3c(c2)C(c2ccccc2)(c2ccccc2)c2ccccc2-3)cc1. The van der Waals surface area contributed by atoms with Gasteiger partial charge in [-0.1, -0.05) is 200 Å². The summed E-state index contributed by atoms with van der Waals surface area (Å²) in [6.45, 7) is 0. The van der Waals surface area contributed by atoms with Crippen LogP contribution < -0.4 is 4.90 Å². The van der Waals surface area contributed by atoms with E-state index in [1.807, 2.05) is 0 Å². The van der Waals surface area contributed by atoms with Crippen molar-refractivity contribution in [2.75, 3.05) is 4.90 Å². The first-order valence-electron chi connectivity index (χ1n) is 21.8. The predicted octanol–water partition coefficient (Wildman–Crippen LogP) is 16.0. The van der Waals surface area contributed by atoms with E-state index >= 15 is 0 Å². The summed E-state index contributed by atoms with van der Waals surface area (Å²) in [6.07, 6.45) is 0. The second-order valence-electron chi connectivity index (χ2n) is 16.4. The molecule has 296 valence electrons. The molecule has 12 rings (SSSR count). The average Bonchev–Trinajstić information content (AvgIpc) is 3.86. The highest BCUT2D eigenvalue weighted by Gasteiger charge is 2.46. The molecule has 10 aromatic carbocycles. The summed E-state index contributed by atoms with van der Waals surface area (Å²) in [7, 11) is 0. The molecular formula is C61H42N2. The van der Waals surface area contributed by atoms with E-state index in [0.29, 0.717) is 0 Å². The minimum Gasteiger partial charge on any atom is -0.310 e. The normalized spacial score (nSPS) is 12.6. The first-order chi connectivity index (χ1) is 31.3. The number of fused-ring (bicyclic) bond motifs is 6. The van der Waals surface area contributed by atoms with Crippen molar-refractivity contribution in [1.82, 2.24) is 4.57 Å². The van der Waals surface area contributed by atoms with Gasteiger partial charge in [-0.2, -0.15) is 0 Å². The van der Waals surface area contributed by atoms with E-state index < -0.39 is 5.41 Å². The number of nitrogens with zero attached hydrogens (tertiary/aromatic N) is 2. The number of aromatic nitrogens is 1. The van der Waals surface area contributed by atoms with Gasteiger partial charge < -0.3 is 9.47 Å².